The van der Waals surface area contributed by atoms with Crippen molar-refractivity contribution in [1.82, 2.24) is 15.2 Å². The van der Waals surface area contributed by atoms with Crippen LogP contribution >= 0.6 is 0 Å². The predicted octanol–water partition coefficient (Wildman–Crippen LogP) is 2.30. The molecule has 1 aromatic heterocycles. The van der Waals surface area contributed by atoms with Crippen molar-refractivity contribution in [3.8, 4) is 0 Å². The molecule has 0 amide bonds. The molecular weight excluding hydrogens is 300 g/mol. The molecule has 0 atom stereocenters. The Morgan fingerprint density at radius 3 is 2.50 bits per heavy atom. The highest BCUT2D eigenvalue weighted by Gasteiger charge is 1.97. The molecule has 0 spiro atoms. The van der Waals surface area contributed by atoms with Crippen molar-refractivity contribution >= 4 is 5.96 Å². The van der Waals surface area contributed by atoms with Gasteiger partial charge < -0.3 is 19.9 Å². The van der Waals surface area contributed by atoms with E-state index in [1.54, 1.807) is 7.05 Å². The molecule has 0 saturated heterocycles. The van der Waals surface area contributed by atoms with Crippen LogP contribution in [0.1, 0.15) is 12.0 Å². The van der Waals surface area contributed by atoms with Crippen molar-refractivity contribution in [3.63, 3.8) is 0 Å². The molecule has 2 aromatic rings. The Kier molecular flexibility index (Phi) is 8.51. The maximum atomic E-state index is 5.68. The van der Waals surface area contributed by atoms with Gasteiger partial charge in [0.2, 0.25) is 0 Å². The summed E-state index contributed by atoms with van der Waals surface area (Å²) in [6.45, 7) is 4.17. The first kappa shape index (κ1) is 18.1. The Morgan fingerprint density at radius 2 is 1.75 bits per heavy atom. The number of rotatable bonds is 10. The molecule has 0 radical (unpaired) electrons. The molecule has 130 valence electrons. The monoisotopic (exact) mass is 328 g/mol. The second-order valence-corrected chi connectivity index (χ2v) is 5.55. The van der Waals surface area contributed by atoms with Gasteiger partial charge in [0.15, 0.2) is 5.96 Å². The summed E-state index contributed by atoms with van der Waals surface area (Å²) >= 11 is 0. The Hall–Kier alpha value is -2.27. The number of benzene rings is 1. The third kappa shape index (κ3) is 7.33. The smallest absolute Gasteiger partial charge is 0.191 e. The van der Waals surface area contributed by atoms with Crippen LogP contribution in [0.3, 0.4) is 0 Å². The van der Waals surface area contributed by atoms with E-state index < -0.39 is 0 Å². The van der Waals surface area contributed by atoms with Gasteiger partial charge >= 0.3 is 0 Å². The second kappa shape index (κ2) is 11.3. The van der Waals surface area contributed by atoms with Crippen molar-refractivity contribution in [2.24, 2.45) is 4.99 Å². The van der Waals surface area contributed by atoms with Crippen LogP contribution in [0.4, 0.5) is 0 Å². The van der Waals surface area contributed by atoms with Crippen LogP contribution in [-0.4, -0.2) is 43.9 Å². The topological polar surface area (TPSA) is 50.6 Å². The number of ether oxygens (including phenoxy) is 1. The first-order valence-corrected chi connectivity index (χ1v) is 8.55. The van der Waals surface area contributed by atoms with Crippen molar-refractivity contribution in [2.45, 2.75) is 19.4 Å². The summed E-state index contributed by atoms with van der Waals surface area (Å²) in [6.07, 6.45) is 6.05. The molecular formula is C19H28N4O. The van der Waals surface area contributed by atoms with Crippen molar-refractivity contribution in [2.75, 3.05) is 33.4 Å². The van der Waals surface area contributed by atoms with Gasteiger partial charge in [-0.2, -0.15) is 0 Å². The SMILES string of the molecule is CN=C(NCCCOCCc1ccccc1)NCCn1cccc1. The maximum absolute atomic E-state index is 5.68. The standard InChI is InChI=1S/C19H28N4O/c1-20-19(22-12-15-23-13-5-6-14-23)21-11-7-16-24-17-10-18-8-3-2-4-9-18/h2-6,8-9,13-14H,7,10-12,15-17H2,1H3,(H2,20,21,22). The lowest BCUT2D eigenvalue weighted by Crippen LogP contribution is -2.39. The molecule has 1 aromatic carbocycles. The number of nitrogens with one attached hydrogen (secondary N) is 2. The summed E-state index contributed by atoms with van der Waals surface area (Å²) in [5.41, 5.74) is 1.32. The fourth-order valence-electron chi connectivity index (χ4n) is 2.36. The van der Waals surface area contributed by atoms with Gasteiger partial charge in [-0.05, 0) is 30.5 Å². The van der Waals surface area contributed by atoms with Gasteiger partial charge in [0.25, 0.3) is 0 Å². The Labute approximate surface area is 144 Å². The van der Waals surface area contributed by atoms with E-state index in [0.29, 0.717) is 0 Å². The summed E-state index contributed by atoms with van der Waals surface area (Å²) in [7, 11) is 1.79. The number of hydrogen-bond acceptors (Lipinski definition) is 2. The zero-order valence-electron chi connectivity index (χ0n) is 14.4. The molecule has 0 aliphatic heterocycles. The van der Waals surface area contributed by atoms with Gasteiger partial charge in [-0.15, -0.1) is 0 Å². The number of nitrogens with zero attached hydrogens (tertiary/aromatic N) is 2. The van der Waals surface area contributed by atoms with Gasteiger partial charge in [0.1, 0.15) is 0 Å². The highest BCUT2D eigenvalue weighted by molar-refractivity contribution is 5.79. The van der Waals surface area contributed by atoms with E-state index in [0.717, 1.165) is 51.6 Å². The summed E-state index contributed by atoms with van der Waals surface area (Å²) < 4.78 is 7.82. The zero-order chi connectivity index (χ0) is 16.9. The van der Waals surface area contributed by atoms with E-state index >= 15 is 0 Å². The van der Waals surface area contributed by atoms with Crippen LogP contribution < -0.4 is 10.6 Å². The number of aliphatic imine (C=N–C) groups is 1. The average Bonchev–Trinajstić information content (AvgIpc) is 3.13. The average molecular weight is 328 g/mol. The van der Waals surface area contributed by atoms with Gasteiger partial charge in [-0.3, -0.25) is 4.99 Å². The van der Waals surface area contributed by atoms with E-state index in [2.05, 4.69) is 56.9 Å². The first-order chi connectivity index (χ1) is 11.9. The van der Waals surface area contributed by atoms with Gasteiger partial charge in [-0.1, -0.05) is 30.3 Å². The van der Waals surface area contributed by atoms with Gasteiger partial charge in [-0.25, -0.2) is 0 Å². The van der Waals surface area contributed by atoms with Crippen LogP contribution in [0, 0.1) is 0 Å². The lowest BCUT2D eigenvalue weighted by atomic mass is 10.2. The highest BCUT2D eigenvalue weighted by Crippen LogP contribution is 1.99. The zero-order valence-corrected chi connectivity index (χ0v) is 14.4. The van der Waals surface area contributed by atoms with Gasteiger partial charge in [0.05, 0.1) is 6.61 Å². The van der Waals surface area contributed by atoms with Crippen LogP contribution in [0.15, 0.2) is 59.9 Å². The Morgan fingerprint density at radius 1 is 1.00 bits per heavy atom. The molecule has 5 nitrogen and oxygen atoms in total. The fourth-order valence-corrected chi connectivity index (χ4v) is 2.36. The van der Waals surface area contributed by atoms with Crippen molar-refractivity contribution in [3.05, 3.63) is 60.4 Å². The molecule has 0 aliphatic carbocycles. The minimum atomic E-state index is 0.764. The molecule has 0 bridgehead atoms. The van der Waals surface area contributed by atoms with Crippen molar-refractivity contribution < 1.29 is 4.74 Å². The number of aromatic nitrogens is 1. The van der Waals surface area contributed by atoms with Crippen LogP contribution in [0.2, 0.25) is 0 Å². The van der Waals surface area contributed by atoms with Crippen LogP contribution in [-0.2, 0) is 17.7 Å². The summed E-state index contributed by atoms with van der Waals surface area (Å²) in [5, 5.41) is 6.62. The van der Waals surface area contributed by atoms with E-state index in [1.165, 1.54) is 5.56 Å². The second-order valence-electron chi connectivity index (χ2n) is 5.55. The van der Waals surface area contributed by atoms with E-state index in [9.17, 15) is 0 Å². The van der Waals surface area contributed by atoms with E-state index in [4.69, 9.17) is 4.74 Å². The molecule has 2 N–H and O–H groups in total. The summed E-state index contributed by atoms with van der Waals surface area (Å²) in [6, 6.07) is 14.5. The largest absolute Gasteiger partial charge is 0.381 e. The fraction of sp³-hybridized carbons (Fsp3) is 0.421. The van der Waals surface area contributed by atoms with E-state index in [-0.39, 0.29) is 0 Å². The highest BCUT2D eigenvalue weighted by atomic mass is 16.5. The van der Waals surface area contributed by atoms with Crippen LogP contribution in [0.5, 0.6) is 0 Å². The first-order valence-electron chi connectivity index (χ1n) is 8.55. The minimum absolute atomic E-state index is 0.764. The van der Waals surface area contributed by atoms with Crippen LogP contribution in [0.25, 0.3) is 0 Å². The summed E-state index contributed by atoms with van der Waals surface area (Å²) in [4.78, 5) is 4.22. The predicted molar refractivity (Wildman–Crippen MR) is 99.4 cm³/mol. The molecule has 0 unspecified atom stereocenters. The third-order valence-electron chi connectivity index (χ3n) is 3.69. The molecule has 24 heavy (non-hydrogen) atoms. The number of guanidine groups is 1. The molecule has 2 rings (SSSR count). The van der Waals surface area contributed by atoms with E-state index in [1.807, 2.05) is 18.2 Å². The Balaban J connectivity index is 1.46. The van der Waals surface area contributed by atoms with Gasteiger partial charge in [0, 0.05) is 45.7 Å². The minimum Gasteiger partial charge on any atom is -0.381 e. The maximum Gasteiger partial charge on any atom is 0.191 e. The molecule has 5 heteroatoms. The lowest BCUT2D eigenvalue weighted by molar-refractivity contribution is 0.135. The van der Waals surface area contributed by atoms with Crippen molar-refractivity contribution in [1.29, 1.82) is 0 Å². The molecule has 0 fully saturated rings. The normalized spacial score (nSPS) is 11.5. The third-order valence-corrected chi connectivity index (χ3v) is 3.69. The Bertz CT molecular complexity index is 566. The quantitative estimate of drug-likeness (QED) is 0.400. The number of hydrogen-bond donors (Lipinski definition) is 2. The molecule has 0 aliphatic rings. The lowest BCUT2D eigenvalue weighted by Gasteiger charge is -2.12. The molecule has 1 heterocycles. The summed E-state index contributed by atoms with van der Waals surface area (Å²) in [5.74, 6) is 0.839. The molecule has 0 saturated carbocycles.